The summed E-state index contributed by atoms with van der Waals surface area (Å²) in [5, 5.41) is 10.5. The van der Waals surface area contributed by atoms with Gasteiger partial charge in [0.05, 0.1) is 0 Å². The number of carbonyl (C=O) groups is 2. The van der Waals surface area contributed by atoms with Crippen molar-refractivity contribution in [1.82, 2.24) is 25.7 Å². The SMILES string of the molecule is CC(=O)NC1(c2noc(CCC(=O)N3CCNC[C@@H]3C)n2)CCCCCC1.Cl. The van der Waals surface area contributed by atoms with E-state index in [1.165, 1.54) is 6.92 Å². The molecule has 1 atom stereocenters. The molecule has 9 heteroatoms. The molecule has 2 N–H and O–H groups in total. The van der Waals surface area contributed by atoms with Crippen molar-refractivity contribution in [2.45, 2.75) is 76.8 Å². The molecule has 28 heavy (non-hydrogen) atoms. The molecule has 8 nitrogen and oxygen atoms in total. The Bertz CT molecular complexity index is 658. The summed E-state index contributed by atoms with van der Waals surface area (Å²) in [6.07, 6.45) is 6.81. The van der Waals surface area contributed by atoms with Crippen LogP contribution in [0.1, 0.15) is 70.5 Å². The molecular weight excluding hydrogens is 382 g/mol. The van der Waals surface area contributed by atoms with Crippen LogP contribution in [0.4, 0.5) is 0 Å². The first-order valence-corrected chi connectivity index (χ1v) is 10.1. The van der Waals surface area contributed by atoms with Crippen LogP contribution < -0.4 is 10.6 Å². The van der Waals surface area contributed by atoms with Gasteiger partial charge in [-0.2, -0.15) is 4.98 Å². The largest absolute Gasteiger partial charge is 0.343 e. The van der Waals surface area contributed by atoms with Gasteiger partial charge in [-0.25, -0.2) is 0 Å². The molecule has 158 valence electrons. The first-order chi connectivity index (χ1) is 13.0. The predicted octanol–water partition coefficient (Wildman–Crippen LogP) is 1.93. The van der Waals surface area contributed by atoms with E-state index in [4.69, 9.17) is 4.52 Å². The summed E-state index contributed by atoms with van der Waals surface area (Å²) in [5.74, 6) is 1.06. The lowest BCUT2D eigenvalue weighted by Crippen LogP contribution is -2.52. The Balaban J connectivity index is 0.00000280. The highest BCUT2D eigenvalue weighted by atomic mass is 35.5. The van der Waals surface area contributed by atoms with Crippen molar-refractivity contribution in [3.8, 4) is 0 Å². The number of carbonyl (C=O) groups excluding carboxylic acids is 2. The number of hydrogen-bond donors (Lipinski definition) is 2. The molecule has 0 bridgehead atoms. The average Bonchev–Trinajstić information content (AvgIpc) is 3.00. The summed E-state index contributed by atoms with van der Waals surface area (Å²) in [6.45, 7) is 5.98. The summed E-state index contributed by atoms with van der Waals surface area (Å²) in [6, 6.07) is 0.207. The maximum Gasteiger partial charge on any atom is 0.227 e. The van der Waals surface area contributed by atoms with Gasteiger partial charge >= 0.3 is 0 Å². The number of hydrogen-bond acceptors (Lipinski definition) is 6. The van der Waals surface area contributed by atoms with Crippen LogP contribution in [-0.2, 0) is 21.5 Å². The van der Waals surface area contributed by atoms with Gasteiger partial charge in [-0.1, -0.05) is 30.8 Å². The number of aromatic nitrogens is 2. The standard InChI is InChI=1S/C19H31N5O3.ClH/c1-14-13-20-11-12-24(14)17(26)8-7-16-21-18(23-27-16)19(22-15(2)25)9-5-3-4-6-10-19;/h14,20H,3-13H2,1-2H3,(H,22,25);1H/t14-;/m0./s1. The second-order valence-electron chi connectivity index (χ2n) is 7.83. The number of aryl methyl sites for hydroxylation is 1. The van der Waals surface area contributed by atoms with E-state index >= 15 is 0 Å². The van der Waals surface area contributed by atoms with Gasteiger partial charge in [-0.05, 0) is 19.8 Å². The third kappa shape index (κ3) is 5.44. The van der Waals surface area contributed by atoms with Crippen molar-refractivity contribution in [3.63, 3.8) is 0 Å². The fourth-order valence-electron chi connectivity index (χ4n) is 4.19. The number of rotatable bonds is 5. The Morgan fingerprint density at radius 3 is 2.64 bits per heavy atom. The van der Waals surface area contributed by atoms with Gasteiger partial charge in [0.1, 0.15) is 5.54 Å². The number of halogens is 1. The molecule has 1 aromatic rings. The molecule has 1 aliphatic carbocycles. The number of amides is 2. The molecule has 0 unspecified atom stereocenters. The fraction of sp³-hybridized carbons (Fsp3) is 0.789. The first kappa shape index (κ1) is 22.6. The van der Waals surface area contributed by atoms with Gasteiger partial charge in [-0.3, -0.25) is 9.59 Å². The van der Waals surface area contributed by atoms with Crippen LogP contribution in [0.25, 0.3) is 0 Å². The monoisotopic (exact) mass is 413 g/mol. The van der Waals surface area contributed by atoms with E-state index in [0.29, 0.717) is 24.6 Å². The smallest absolute Gasteiger partial charge is 0.227 e. The molecule has 1 aliphatic heterocycles. The second kappa shape index (κ2) is 10.2. The van der Waals surface area contributed by atoms with Crippen LogP contribution in [-0.4, -0.2) is 52.5 Å². The Hall–Kier alpha value is -1.67. The summed E-state index contributed by atoms with van der Waals surface area (Å²) in [7, 11) is 0. The van der Waals surface area contributed by atoms with Crippen molar-refractivity contribution in [3.05, 3.63) is 11.7 Å². The zero-order chi connectivity index (χ0) is 19.3. The third-order valence-electron chi connectivity index (χ3n) is 5.64. The highest BCUT2D eigenvalue weighted by Crippen LogP contribution is 2.34. The second-order valence-corrected chi connectivity index (χ2v) is 7.83. The lowest BCUT2D eigenvalue weighted by atomic mass is 9.89. The minimum atomic E-state index is -0.541. The molecule has 2 amide bonds. The Kier molecular flexibility index (Phi) is 8.24. The molecule has 0 aromatic carbocycles. The molecule has 2 aliphatic rings. The Morgan fingerprint density at radius 1 is 1.29 bits per heavy atom. The van der Waals surface area contributed by atoms with E-state index in [-0.39, 0.29) is 30.3 Å². The first-order valence-electron chi connectivity index (χ1n) is 10.1. The number of nitrogens with zero attached hydrogens (tertiary/aromatic N) is 3. The van der Waals surface area contributed by atoms with Crippen molar-refractivity contribution in [2.75, 3.05) is 19.6 Å². The van der Waals surface area contributed by atoms with Crippen molar-refractivity contribution >= 4 is 24.2 Å². The number of piperazine rings is 1. The maximum absolute atomic E-state index is 12.5. The number of nitrogens with one attached hydrogen (secondary N) is 2. The minimum Gasteiger partial charge on any atom is -0.343 e. The van der Waals surface area contributed by atoms with Gasteiger partial charge in [0, 0.05) is 45.4 Å². The molecule has 3 rings (SSSR count). The molecule has 2 fully saturated rings. The summed E-state index contributed by atoms with van der Waals surface area (Å²) < 4.78 is 5.43. The van der Waals surface area contributed by atoms with E-state index in [2.05, 4.69) is 27.7 Å². The van der Waals surface area contributed by atoms with Gasteiger partial charge in [0.15, 0.2) is 5.82 Å². The van der Waals surface area contributed by atoms with E-state index in [0.717, 1.165) is 58.2 Å². The Morgan fingerprint density at radius 2 is 2.00 bits per heavy atom. The molecular formula is C19H32ClN5O3. The minimum absolute atomic E-state index is 0. The van der Waals surface area contributed by atoms with Crippen molar-refractivity contribution < 1.29 is 14.1 Å². The van der Waals surface area contributed by atoms with Crippen LogP contribution in [0.2, 0.25) is 0 Å². The summed E-state index contributed by atoms with van der Waals surface area (Å²) >= 11 is 0. The van der Waals surface area contributed by atoms with Crippen LogP contribution >= 0.6 is 12.4 Å². The van der Waals surface area contributed by atoms with Crippen LogP contribution in [0.5, 0.6) is 0 Å². The normalized spacial score (nSPS) is 22.1. The lowest BCUT2D eigenvalue weighted by Gasteiger charge is -2.34. The highest BCUT2D eigenvalue weighted by Gasteiger charge is 2.38. The molecule has 1 aromatic heterocycles. The maximum atomic E-state index is 12.5. The quantitative estimate of drug-likeness (QED) is 0.715. The zero-order valence-electron chi connectivity index (χ0n) is 16.8. The molecule has 0 radical (unpaired) electrons. The summed E-state index contributed by atoms with van der Waals surface area (Å²) in [5.41, 5.74) is -0.541. The van der Waals surface area contributed by atoms with Crippen LogP contribution in [0, 0.1) is 0 Å². The van der Waals surface area contributed by atoms with E-state index < -0.39 is 5.54 Å². The highest BCUT2D eigenvalue weighted by molar-refractivity contribution is 5.85. The van der Waals surface area contributed by atoms with Gasteiger partial charge < -0.3 is 20.1 Å². The van der Waals surface area contributed by atoms with E-state index in [1.54, 1.807) is 0 Å². The molecule has 2 heterocycles. The average molecular weight is 414 g/mol. The summed E-state index contributed by atoms with van der Waals surface area (Å²) in [4.78, 5) is 30.7. The molecule has 1 saturated heterocycles. The fourth-order valence-corrected chi connectivity index (χ4v) is 4.19. The van der Waals surface area contributed by atoms with Crippen molar-refractivity contribution in [1.29, 1.82) is 0 Å². The molecule has 0 spiro atoms. The van der Waals surface area contributed by atoms with Gasteiger partial charge in [0.25, 0.3) is 0 Å². The van der Waals surface area contributed by atoms with Crippen molar-refractivity contribution in [2.24, 2.45) is 0 Å². The third-order valence-corrected chi connectivity index (χ3v) is 5.64. The Labute approximate surface area is 172 Å². The van der Waals surface area contributed by atoms with Gasteiger partial charge in [-0.15, -0.1) is 12.4 Å². The van der Waals surface area contributed by atoms with Gasteiger partial charge in [0.2, 0.25) is 17.7 Å². The van der Waals surface area contributed by atoms with Crippen LogP contribution in [0.3, 0.4) is 0 Å². The lowest BCUT2D eigenvalue weighted by molar-refractivity contribution is -0.134. The topological polar surface area (TPSA) is 100 Å². The zero-order valence-corrected chi connectivity index (χ0v) is 17.6. The van der Waals surface area contributed by atoms with Crippen LogP contribution in [0.15, 0.2) is 4.52 Å². The van der Waals surface area contributed by atoms with E-state index in [1.807, 2.05) is 4.90 Å². The predicted molar refractivity (Wildman–Crippen MR) is 107 cm³/mol. The van der Waals surface area contributed by atoms with E-state index in [9.17, 15) is 9.59 Å². The molecule has 1 saturated carbocycles.